The molecule has 0 spiro atoms. The third-order valence-corrected chi connectivity index (χ3v) is 4.87. The van der Waals surface area contributed by atoms with E-state index in [4.69, 9.17) is 4.98 Å². The molecule has 0 bridgehead atoms. The second-order valence-corrected chi connectivity index (χ2v) is 7.20. The molecule has 0 N–H and O–H groups in total. The predicted octanol–water partition coefficient (Wildman–Crippen LogP) is 4.21. The van der Waals surface area contributed by atoms with Gasteiger partial charge in [-0.3, -0.25) is 4.40 Å². The van der Waals surface area contributed by atoms with E-state index >= 15 is 0 Å². The minimum atomic E-state index is 0.563. The summed E-state index contributed by atoms with van der Waals surface area (Å²) in [5, 5.41) is 0. The van der Waals surface area contributed by atoms with Crippen LogP contribution >= 0.6 is 11.3 Å². The molecule has 0 aliphatic heterocycles. The zero-order chi connectivity index (χ0) is 12.9. The summed E-state index contributed by atoms with van der Waals surface area (Å²) < 4.78 is 2.48. The van der Waals surface area contributed by atoms with E-state index in [2.05, 4.69) is 32.1 Å². The third-order valence-electron chi connectivity index (χ3n) is 3.73. The molecule has 18 heavy (non-hydrogen) atoms. The number of aromatic nitrogens is 2. The Hall–Kier alpha value is -0.830. The van der Waals surface area contributed by atoms with Crippen LogP contribution in [0.3, 0.4) is 0 Å². The number of aryl methyl sites for hydroxylation is 2. The van der Waals surface area contributed by atoms with Gasteiger partial charge in [-0.2, -0.15) is 0 Å². The van der Waals surface area contributed by atoms with Crippen molar-refractivity contribution in [3.63, 3.8) is 0 Å². The van der Waals surface area contributed by atoms with Crippen molar-refractivity contribution >= 4 is 16.3 Å². The first-order chi connectivity index (χ1) is 8.58. The van der Waals surface area contributed by atoms with E-state index in [-0.39, 0.29) is 0 Å². The van der Waals surface area contributed by atoms with Crippen LogP contribution in [0.15, 0.2) is 0 Å². The standard InChI is InChI=1S/C15H22N2S/c1-9(2)8-11-14(10(3)4)17-12-6-5-7-13(12)18-15(17)16-11/h9-10H,5-8H2,1-4H3. The number of imidazole rings is 1. The normalized spacial score (nSPS) is 15.2. The molecule has 2 aromatic heterocycles. The van der Waals surface area contributed by atoms with Crippen molar-refractivity contribution in [3.05, 3.63) is 22.0 Å². The van der Waals surface area contributed by atoms with Gasteiger partial charge in [0.25, 0.3) is 0 Å². The summed E-state index contributed by atoms with van der Waals surface area (Å²) in [7, 11) is 0. The zero-order valence-electron chi connectivity index (χ0n) is 11.8. The van der Waals surface area contributed by atoms with Gasteiger partial charge in [-0.1, -0.05) is 27.7 Å². The van der Waals surface area contributed by atoms with E-state index in [0.717, 1.165) is 6.42 Å². The molecule has 0 aromatic carbocycles. The maximum Gasteiger partial charge on any atom is 0.194 e. The van der Waals surface area contributed by atoms with Crippen molar-refractivity contribution in [2.75, 3.05) is 0 Å². The van der Waals surface area contributed by atoms with Gasteiger partial charge in [0.05, 0.1) is 5.69 Å². The number of hydrogen-bond acceptors (Lipinski definition) is 2. The number of nitrogens with zero attached hydrogens (tertiary/aromatic N) is 2. The van der Waals surface area contributed by atoms with Crippen LogP contribution in [0.2, 0.25) is 0 Å². The monoisotopic (exact) mass is 262 g/mol. The topological polar surface area (TPSA) is 17.3 Å². The van der Waals surface area contributed by atoms with Crippen molar-refractivity contribution in [2.45, 2.75) is 59.3 Å². The van der Waals surface area contributed by atoms with Gasteiger partial charge in [-0.25, -0.2) is 4.98 Å². The molecule has 3 rings (SSSR count). The van der Waals surface area contributed by atoms with Gasteiger partial charge >= 0.3 is 0 Å². The maximum absolute atomic E-state index is 4.92. The Labute approximate surface area is 113 Å². The quantitative estimate of drug-likeness (QED) is 0.810. The van der Waals surface area contributed by atoms with Gasteiger partial charge < -0.3 is 0 Å². The average molecular weight is 262 g/mol. The Bertz CT molecular complexity index is 575. The van der Waals surface area contributed by atoms with Crippen molar-refractivity contribution < 1.29 is 0 Å². The SMILES string of the molecule is CC(C)Cc1nc2sc3c(n2c1C(C)C)CCC3. The van der Waals surface area contributed by atoms with E-state index in [9.17, 15) is 0 Å². The Morgan fingerprint density at radius 1 is 1.22 bits per heavy atom. The van der Waals surface area contributed by atoms with Gasteiger partial charge in [-0.05, 0) is 37.5 Å². The third kappa shape index (κ3) is 1.80. The van der Waals surface area contributed by atoms with Gasteiger partial charge in [-0.15, -0.1) is 11.3 Å². The fourth-order valence-electron chi connectivity index (χ4n) is 3.07. The molecule has 2 aromatic rings. The van der Waals surface area contributed by atoms with E-state index in [1.165, 1.54) is 35.6 Å². The molecule has 0 fully saturated rings. The Balaban J connectivity index is 2.20. The summed E-state index contributed by atoms with van der Waals surface area (Å²) in [6, 6.07) is 0. The lowest BCUT2D eigenvalue weighted by atomic mass is 10.0. The highest BCUT2D eigenvalue weighted by atomic mass is 32.1. The molecular weight excluding hydrogens is 240 g/mol. The number of thiazole rings is 1. The summed E-state index contributed by atoms with van der Waals surface area (Å²) in [6.45, 7) is 9.16. The van der Waals surface area contributed by atoms with Crippen LogP contribution in [-0.2, 0) is 19.3 Å². The fourth-order valence-corrected chi connectivity index (χ4v) is 4.30. The first-order valence-electron chi connectivity index (χ1n) is 7.09. The van der Waals surface area contributed by atoms with Gasteiger partial charge in [0, 0.05) is 16.3 Å². The number of hydrogen-bond donors (Lipinski definition) is 0. The summed E-state index contributed by atoms with van der Waals surface area (Å²) in [5.41, 5.74) is 4.36. The lowest BCUT2D eigenvalue weighted by Crippen LogP contribution is -2.04. The Kier molecular flexibility index (Phi) is 2.97. The molecule has 0 amide bonds. The second-order valence-electron chi connectivity index (χ2n) is 6.14. The average Bonchev–Trinajstić information content (AvgIpc) is 2.86. The first kappa shape index (κ1) is 12.2. The highest BCUT2D eigenvalue weighted by Gasteiger charge is 2.24. The van der Waals surface area contributed by atoms with E-state index in [1.54, 1.807) is 10.6 Å². The minimum absolute atomic E-state index is 0.563. The Morgan fingerprint density at radius 3 is 2.67 bits per heavy atom. The van der Waals surface area contributed by atoms with Gasteiger partial charge in [0.1, 0.15) is 0 Å². The minimum Gasteiger partial charge on any atom is -0.291 e. The van der Waals surface area contributed by atoms with Gasteiger partial charge in [0.2, 0.25) is 0 Å². The molecule has 2 nitrogen and oxygen atoms in total. The molecule has 2 heterocycles. The molecule has 98 valence electrons. The number of fused-ring (bicyclic) bond motifs is 3. The zero-order valence-corrected chi connectivity index (χ0v) is 12.6. The summed E-state index contributed by atoms with van der Waals surface area (Å²) in [6.07, 6.45) is 4.94. The smallest absolute Gasteiger partial charge is 0.194 e. The predicted molar refractivity (Wildman–Crippen MR) is 77.7 cm³/mol. The van der Waals surface area contributed by atoms with Crippen LogP contribution in [-0.4, -0.2) is 9.38 Å². The molecule has 1 aliphatic carbocycles. The molecule has 0 atom stereocenters. The highest BCUT2D eigenvalue weighted by Crippen LogP contribution is 2.35. The molecule has 0 radical (unpaired) electrons. The van der Waals surface area contributed by atoms with Crippen molar-refractivity contribution in [1.29, 1.82) is 0 Å². The van der Waals surface area contributed by atoms with Crippen LogP contribution in [0.5, 0.6) is 0 Å². The molecule has 0 saturated carbocycles. The first-order valence-corrected chi connectivity index (χ1v) is 7.91. The Morgan fingerprint density at radius 2 is 2.00 bits per heavy atom. The lowest BCUT2D eigenvalue weighted by Gasteiger charge is -2.10. The van der Waals surface area contributed by atoms with Crippen molar-refractivity contribution in [1.82, 2.24) is 9.38 Å². The number of rotatable bonds is 3. The van der Waals surface area contributed by atoms with Crippen LogP contribution in [0, 0.1) is 5.92 Å². The van der Waals surface area contributed by atoms with E-state index in [1.807, 2.05) is 11.3 Å². The molecule has 3 heteroatoms. The molecule has 0 unspecified atom stereocenters. The van der Waals surface area contributed by atoms with Crippen molar-refractivity contribution in [3.8, 4) is 0 Å². The largest absolute Gasteiger partial charge is 0.291 e. The van der Waals surface area contributed by atoms with Crippen LogP contribution < -0.4 is 0 Å². The summed E-state index contributed by atoms with van der Waals surface area (Å²) >= 11 is 1.92. The molecule has 1 aliphatic rings. The summed E-state index contributed by atoms with van der Waals surface area (Å²) in [5.74, 6) is 1.24. The van der Waals surface area contributed by atoms with Crippen molar-refractivity contribution in [2.24, 2.45) is 5.92 Å². The van der Waals surface area contributed by atoms with E-state index < -0.39 is 0 Å². The van der Waals surface area contributed by atoms with Crippen LogP contribution in [0.1, 0.15) is 62.0 Å². The van der Waals surface area contributed by atoms with Gasteiger partial charge in [0.15, 0.2) is 4.96 Å². The molecular formula is C15H22N2S. The van der Waals surface area contributed by atoms with Crippen LogP contribution in [0.25, 0.3) is 4.96 Å². The van der Waals surface area contributed by atoms with Crippen LogP contribution in [0.4, 0.5) is 0 Å². The summed E-state index contributed by atoms with van der Waals surface area (Å²) in [4.78, 5) is 7.73. The highest BCUT2D eigenvalue weighted by molar-refractivity contribution is 7.17. The van der Waals surface area contributed by atoms with E-state index in [0.29, 0.717) is 11.8 Å². The lowest BCUT2D eigenvalue weighted by molar-refractivity contribution is 0.625. The fraction of sp³-hybridized carbons (Fsp3) is 0.667. The molecule has 0 saturated heterocycles. The second kappa shape index (κ2) is 4.37. The maximum atomic E-state index is 4.92.